The van der Waals surface area contributed by atoms with Gasteiger partial charge in [0.1, 0.15) is 18.1 Å². The first kappa shape index (κ1) is 24.1. The second kappa shape index (κ2) is 9.43. The van der Waals surface area contributed by atoms with Gasteiger partial charge in [-0.05, 0) is 81.1 Å². The molecule has 1 amide bonds. The number of hydrogen-bond acceptors (Lipinski definition) is 5. The number of halogens is 1. The number of aromatic nitrogens is 2. The van der Waals surface area contributed by atoms with Gasteiger partial charge >= 0.3 is 0 Å². The molecule has 6 nitrogen and oxygen atoms in total. The lowest BCUT2D eigenvalue weighted by atomic mass is 9.86. The number of carbonyl (C=O) groups is 1. The van der Waals surface area contributed by atoms with E-state index in [0.717, 1.165) is 50.3 Å². The highest BCUT2D eigenvalue weighted by Gasteiger charge is 2.41. The molecule has 36 heavy (non-hydrogen) atoms. The van der Waals surface area contributed by atoms with E-state index < -0.39 is 5.60 Å². The molecule has 0 saturated carbocycles. The number of pyridine rings is 2. The van der Waals surface area contributed by atoms with Crippen LogP contribution in [0.3, 0.4) is 0 Å². The molecular weight excluding hydrogens is 474 g/mol. The van der Waals surface area contributed by atoms with E-state index in [-0.39, 0.29) is 5.91 Å². The van der Waals surface area contributed by atoms with Crippen molar-refractivity contribution in [1.29, 1.82) is 0 Å². The molecule has 1 aliphatic heterocycles. The summed E-state index contributed by atoms with van der Waals surface area (Å²) in [6, 6.07) is 13.3. The summed E-state index contributed by atoms with van der Waals surface area (Å²) in [5.74, 6) is 1.43. The minimum absolute atomic E-state index is 0.182. The van der Waals surface area contributed by atoms with Gasteiger partial charge in [-0.25, -0.2) is 4.98 Å². The van der Waals surface area contributed by atoms with E-state index in [1.165, 1.54) is 0 Å². The van der Waals surface area contributed by atoms with Gasteiger partial charge < -0.3 is 14.8 Å². The maximum Gasteiger partial charge on any atom is 0.268 e. The summed E-state index contributed by atoms with van der Waals surface area (Å²) in [5, 5.41) is 4.62. The van der Waals surface area contributed by atoms with Crippen molar-refractivity contribution in [1.82, 2.24) is 9.97 Å². The molecule has 3 heterocycles. The van der Waals surface area contributed by atoms with E-state index in [0.29, 0.717) is 30.2 Å². The Labute approximate surface area is 215 Å². The molecule has 7 heteroatoms. The molecule has 0 fully saturated rings. The van der Waals surface area contributed by atoms with Crippen LogP contribution in [0, 0.1) is 20.8 Å². The zero-order chi connectivity index (χ0) is 25.4. The maximum atomic E-state index is 13.1. The number of amides is 1. The summed E-state index contributed by atoms with van der Waals surface area (Å²) in [4.78, 5) is 21.9. The van der Waals surface area contributed by atoms with Gasteiger partial charge in [0.2, 0.25) is 0 Å². The second-order valence-corrected chi connectivity index (χ2v) is 9.91. The van der Waals surface area contributed by atoms with E-state index in [4.69, 9.17) is 26.1 Å². The summed E-state index contributed by atoms with van der Waals surface area (Å²) >= 11 is 6.14. The van der Waals surface area contributed by atoms with E-state index in [1.54, 1.807) is 18.5 Å². The fourth-order valence-corrected chi connectivity index (χ4v) is 4.84. The Kier molecular flexibility index (Phi) is 6.31. The van der Waals surface area contributed by atoms with Crippen LogP contribution in [0.25, 0.3) is 10.9 Å². The lowest BCUT2D eigenvalue weighted by Gasteiger charge is -2.37. The molecule has 1 aliphatic rings. The average Bonchev–Trinajstić information content (AvgIpc) is 2.87. The Balaban J connectivity index is 1.38. The summed E-state index contributed by atoms with van der Waals surface area (Å²) < 4.78 is 12.7. The zero-order valence-corrected chi connectivity index (χ0v) is 21.6. The smallest absolute Gasteiger partial charge is 0.268 e. The monoisotopic (exact) mass is 501 g/mol. The van der Waals surface area contributed by atoms with E-state index in [2.05, 4.69) is 17.2 Å². The number of nitrogens with zero attached hydrogens (tertiary/aromatic N) is 2. The molecule has 2 aromatic carbocycles. The fourth-order valence-electron chi connectivity index (χ4n) is 4.67. The van der Waals surface area contributed by atoms with Gasteiger partial charge in [-0.15, -0.1) is 0 Å². The molecule has 0 saturated heterocycles. The number of benzene rings is 2. The van der Waals surface area contributed by atoms with Crippen LogP contribution in [0.1, 0.15) is 41.3 Å². The van der Waals surface area contributed by atoms with Gasteiger partial charge in [0, 0.05) is 28.6 Å². The van der Waals surface area contributed by atoms with Gasteiger partial charge in [0.05, 0.1) is 23.1 Å². The standard InChI is InChI=1S/C29H28ClN3O3/c1-17-18(2)27-24(11-12-29(4,36-27)28(34)33-22-6-5-13-31-15-22)19(3)26(17)35-16-23-10-8-20-7-9-21(30)14-25(20)32-23/h5-10,13-15H,11-12,16H2,1-4H3,(H,33,34). The molecule has 4 aromatic rings. The topological polar surface area (TPSA) is 73.3 Å². The predicted octanol–water partition coefficient (Wildman–Crippen LogP) is 6.51. The van der Waals surface area contributed by atoms with Crippen LogP contribution in [-0.2, 0) is 17.8 Å². The first-order chi connectivity index (χ1) is 17.2. The summed E-state index contributed by atoms with van der Waals surface area (Å²) in [5.41, 5.74) is 5.42. The molecule has 1 N–H and O–H groups in total. The third-order valence-corrected chi connectivity index (χ3v) is 7.20. The van der Waals surface area contributed by atoms with Crippen molar-refractivity contribution in [3.05, 3.63) is 87.8 Å². The highest BCUT2D eigenvalue weighted by molar-refractivity contribution is 6.31. The van der Waals surface area contributed by atoms with Gasteiger partial charge in [-0.2, -0.15) is 0 Å². The maximum absolute atomic E-state index is 13.1. The molecule has 184 valence electrons. The van der Waals surface area contributed by atoms with Crippen molar-refractivity contribution < 1.29 is 14.3 Å². The van der Waals surface area contributed by atoms with Gasteiger partial charge in [0.25, 0.3) is 5.91 Å². The fraction of sp³-hybridized carbons (Fsp3) is 0.276. The second-order valence-electron chi connectivity index (χ2n) is 9.47. The molecule has 0 radical (unpaired) electrons. The van der Waals surface area contributed by atoms with Gasteiger partial charge in [0.15, 0.2) is 5.60 Å². The molecular formula is C29H28ClN3O3. The first-order valence-electron chi connectivity index (χ1n) is 12.0. The van der Waals surface area contributed by atoms with Crippen molar-refractivity contribution >= 4 is 34.1 Å². The first-order valence-corrected chi connectivity index (χ1v) is 12.3. The lowest BCUT2D eigenvalue weighted by molar-refractivity contribution is -0.131. The van der Waals surface area contributed by atoms with Crippen LogP contribution >= 0.6 is 11.6 Å². The average molecular weight is 502 g/mol. The highest BCUT2D eigenvalue weighted by atomic mass is 35.5. The number of rotatable bonds is 5. The zero-order valence-electron chi connectivity index (χ0n) is 20.8. The van der Waals surface area contributed by atoms with E-state index in [9.17, 15) is 4.79 Å². The van der Waals surface area contributed by atoms with Crippen LogP contribution in [0.15, 0.2) is 54.9 Å². The third-order valence-electron chi connectivity index (χ3n) is 6.97. The van der Waals surface area contributed by atoms with E-state index >= 15 is 0 Å². The van der Waals surface area contributed by atoms with Gasteiger partial charge in [-0.1, -0.05) is 23.7 Å². The van der Waals surface area contributed by atoms with E-state index in [1.807, 2.05) is 57.2 Å². The van der Waals surface area contributed by atoms with Crippen molar-refractivity contribution in [3.8, 4) is 11.5 Å². The molecule has 0 bridgehead atoms. The SMILES string of the molecule is Cc1c(C)c2c(c(C)c1OCc1ccc3ccc(Cl)cc3n1)CCC(C)(C(=O)Nc1cccnc1)O2. The number of hydrogen-bond donors (Lipinski definition) is 1. The molecule has 5 rings (SSSR count). The Hall–Kier alpha value is -3.64. The Morgan fingerprint density at radius 3 is 2.72 bits per heavy atom. The van der Waals surface area contributed by atoms with Crippen molar-refractivity contribution in [2.24, 2.45) is 0 Å². The van der Waals surface area contributed by atoms with Crippen LogP contribution < -0.4 is 14.8 Å². The quantitative estimate of drug-likeness (QED) is 0.337. The van der Waals surface area contributed by atoms with Crippen LogP contribution in [0.2, 0.25) is 5.02 Å². The molecule has 1 unspecified atom stereocenters. The molecule has 0 spiro atoms. The van der Waals surface area contributed by atoms with Crippen molar-refractivity contribution in [2.45, 2.75) is 52.7 Å². The van der Waals surface area contributed by atoms with Crippen molar-refractivity contribution in [2.75, 3.05) is 5.32 Å². The Morgan fingerprint density at radius 2 is 1.94 bits per heavy atom. The molecule has 0 aliphatic carbocycles. The minimum Gasteiger partial charge on any atom is -0.487 e. The largest absolute Gasteiger partial charge is 0.487 e. The van der Waals surface area contributed by atoms with Crippen LogP contribution in [-0.4, -0.2) is 21.5 Å². The van der Waals surface area contributed by atoms with Gasteiger partial charge in [-0.3, -0.25) is 9.78 Å². The molecule has 1 atom stereocenters. The van der Waals surface area contributed by atoms with Crippen LogP contribution in [0.4, 0.5) is 5.69 Å². The number of nitrogens with one attached hydrogen (secondary N) is 1. The number of ether oxygens (including phenoxy) is 2. The predicted molar refractivity (Wildman–Crippen MR) is 142 cm³/mol. The van der Waals surface area contributed by atoms with Crippen molar-refractivity contribution in [3.63, 3.8) is 0 Å². The Morgan fingerprint density at radius 1 is 1.14 bits per heavy atom. The minimum atomic E-state index is -0.981. The number of anilines is 1. The summed E-state index contributed by atoms with van der Waals surface area (Å²) in [6.07, 6.45) is 4.56. The lowest BCUT2D eigenvalue weighted by Crippen LogP contribution is -2.48. The number of fused-ring (bicyclic) bond motifs is 2. The van der Waals surface area contributed by atoms with Crippen LogP contribution in [0.5, 0.6) is 11.5 Å². The normalized spacial score (nSPS) is 16.8. The summed E-state index contributed by atoms with van der Waals surface area (Å²) in [6.45, 7) is 8.27. The Bertz CT molecular complexity index is 1470. The highest BCUT2D eigenvalue weighted by Crippen LogP contribution is 2.44. The number of carbonyl (C=O) groups excluding carboxylic acids is 1. The summed E-state index contributed by atoms with van der Waals surface area (Å²) in [7, 11) is 0. The third kappa shape index (κ3) is 4.49. The molecule has 2 aromatic heterocycles.